The van der Waals surface area contributed by atoms with Crippen LogP contribution in [0.4, 0.5) is 0 Å². The summed E-state index contributed by atoms with van der Waals surface area (Å²) >= 11 is 0. The minimum Gasteiger partial charge on any atom is -0.505 e. The highest BCUT2D eigenvalue weighted by Crippen LogP contribution is 2.24. The van der Waals surface area contributed by atoms with Crippen LogP contribution in [-0.2, 0) is 4.79 Å². The minimum atomic E-state index is -0.913. The van der Waals surface area contributed by atoms with E-state index in [1.807, 2.05) is 0 Å². The molecule has 0 spiro atoms. The smallest absolute Gasteiger partial charge is 0.305 e. The molecule has 1 atom stereocenters. The predicted molar refractivity (Wildman–Crippen MR) is 66.8 cm³/mol. The standard InChI is InChI=1S/C13H16N2O4/c16-11-8-14-5-4-10(11)13(19)15-6-2-1-3-9(15)7-12(17)18/h4-5,8-9,16H,1-3,6-7H2,(H,17,18). The molecule has 0 aromatic carbocycles. The van der Waals surface area contributed by atoms with E-state index in [4.69, 9.17) is 5.11 Å². The lowest BCUT2D eigenvalue weighted by molar-refractivity contribution is -0.138. The van der Waals surface area contributed by atoms with E-state index in [0.717, 1.165) is 12.8 Å². The molecule has 0 saturated carbocycles. The van der Waals surface area contributed by atoms with Crippen molar-refractivity contribution in [3.05, 3.63) is 24.0 Å². The van der Waals surface area contributed by atoms with Gasteiger partial charge in [-0.2, -0.15) is 0 Å². The second-order valence-electron chi connectivity index (χ2n) is 4.64. The summed E-state index contributed by atoms with van der Waals surface area (Å²) < 4.78 is 0. The molecular weight excluding hydrogens is 248 g/mol. The van der Waals surface area contributed by atoms with Gasteiger partial charge in [-0.3, -0.25) is 14.6 Å². The summed E-state index contributed by atoms with van der Waals surface area (Å²) in [7, 11) is 0. The van der Waals surface area contributed by atoms with Gasteiger partial charge in [0.15, 0.2) is 0 Å². The number of rotatable bonds is 3. The Morgan fingerprint density at radius 3 is 2.89 bits per heavy atom. The third-order valence-corrected chi connectivity index (χ3v) is 3.33. The molecule has 0 radical (unpaired) electrons. The summed E-state index contributed by atoms with van der Waals surface area (Å²) in [4.78, 5) is 28.5. The molecule has 6 heteroatoms. The number of pyridine rings is 1. The zero-order valence-corrected chi connectivity index (χ0v) is 10.5. The lowest BCUT2D eigenvalue weighted by atomic mass is 9.98. The van der Waals surface area contributed by atoms with Crippen LogP contribution in [0.2, 0.25) is 0 Å². The zero-order valence-electron chi connectivity index (χ0n) is 10.5. The van der Waals surface area contributed by atoms with Crippen LogP contribution < -0.4 is 0 Å². The van der Waals surface area contributed by atoms with Crippen molar-refractivity contribution in [2.45, 2.75) is 31.7 Å². The maximum Gasteiger partial charge on any atom is 0.305 e. The van der Waals surface area contributed by atoms with Crippen molar-refractivity contribution in [2.24, 2.45) is 0 Å². The summed E-state index contributed by atoms with van der Waals surface area (Å²) in [6.07, 6.45) is 5.05. The van der Waals surface area contributed by atoms with E-state index >= 15 is 0 Å². The van der Waals surface area contributed by atoms with Crippen molar-refractivity contribution >= 4 is 11.9 Å². The van der Waals surface area contributed by atoms with Gasteiger partial charge in [-0.05, 0) is 25.3 Å². The first-order chi connectivity index (χ1) is 9.09. The van der Waals surface area contributed by atoms with E-state index in [1.54, 1.807) is 4.90 Å². The average Bonchev–Trinajstić information content (AvgIpc) is 2.38. The fourth-order valence-electron chi connectivity index (χ4n) is 2.40. The van der Waals surface area contributed by atoms with Crippen molar-refractivity contribution in [2.75, 3.05) is 6.54 Å². The van der Waals surface area contributed by atoms with E-state index < -0.39 is 5.97 Å². The van der Waals surface area contributed by atoms with Crippen LogP contribution in [0, 0.1) is 0 Å². The monoisotopic (exact) mass is 264 g/mol. The van der Waals surface area contributed by atoms with Gasteiger partial charge in [-0.15, -0.1) is 0 Å². The number of nitrogens with zero attached hydrogens (tertiary/aromatic N) is 2. The number of aliphatic carboxylic acids is 1. The van der Waals surface area contributed by atoms with Crippen LogP contribution in [0.5, 0.6) is 5.75 Å². The van der Waals surface area contributed by atoms with E-state index in [1.165, 1.54) is 18.5 Å². The molecule has 0 aliphatic carbocycles. The molecule has 2 heterocycles. The Labute approximate surface area is 110 Å². The maximum absolute atomic E-state index is 12.4. The van der Waals surface area contributed by atoms with Gasteiger partial charge in [0.1, 0.15) is 5.75 Å². The lowest BCUT2D eigenvalue weighted by Crippen LogP contribution is -2.44. The van der Waals surface area contributed by atoms with Gasteiger partial charge in [0, 0.05) is 18.8 Å². The van der Waals surface area contributed by atoms with Crippen LogP contribution >= 0.6 is 0 Å². The number of aromatic nitrogens is 1. The van der Waals surface area contributed by atoms with E-state index in [2.05, 4.69) is 4.98 Å². The van der Waals surface area contributed by atoms with Gasteiger partial charge in [0.2, 0.25) is 0 Å². The largest absolute Gasteiger partial charge is 0.505 e. The van der Waals surface area contributed by atoms with Crippen LogP contribution in [0.25, 0.3) is 0 Å². The molecule has 102 valence electrons. The van der Waals surface area contributed by atoms with Gasteiger partial charge < -0.3 is 15.1 Å². The molecule has 1 fully saturated rings. The number of carboxylic acid groups (broad SMARTS) is 1. The fourth-order valence-corrected chi connectivity index (χ4v) is 2.40. The Hall–Kier alpha value is -2.11. The molecule has 1 saturated heterocycles. The van der Waals surface area contributed by atoms with E-state index in [-0.39, 0.29) is 29.7 Å². The first kappa shape index (κ1) is 13.3. The summed E-state index contributed by atoms with van der Waals surface area (Å²) in [6.45, 7) is 0.526. The highest BCUT2D eigenvalue weighted by molar-refractivity contribution is 5.97. The SMILES string of the molecule is O=C(O)CC1CCCCN1C(=O)c1ccncc1O. The molecule has 1 aromatic rings. The molecule has 1 aliphatic heterocycles. The molecule has 1 amide bonds. The Bertz CT molecular complexity index is 489. The van der Waals surface area contributed by atoms with Crippen LogP contribution in [0.3, 0.4) is 0 Å². The number of aromatic hydroxyl groups is 1. The van der Waals surface area contributed by atoms with Crippen LogP contribution in [0.15, 0.2) is 18.5 Å². The zero-order chi connectivity index (χ0) is 13.8. The van der Waals surface area contributed by atoms with Crippen LogP contribution in [0.1, 0.15) is 36.0 Å². The molecular formula is C13H16N2O4. The maximum atomic E-state index is 12.4. The highest BCUT2D eigenvalue weighted by atomic mass is 16.4. The number of hydrogen-bond donors (Lipinski definition) is 2. The van der Waals surface area contributed by atoms with Crippen molar-refractivity contribution in [3.63, 3.8) is 0 Å². The number of amides is 1. The number of likely N-dealkylation sites (tertiary alicyclic amines) is 1. The number of hydrogen-bond acceptors (Lipinski definition) is 4. The van der Waals surface area contributed by atoms with Crippen molar-refractivity contribution in [1.29, 1.82) is 0 Å². The number of carboxylic acids is 1. The van der Waals surface area contributed by atoms with Crippen molar-refractivity contribution < 1.29 is 19.8 Å². The van der Waals surface area contributed by atoms with Gasteiger partial charge >= 0.3 is 5.97 Å². The second-order valence-corrected chi connectivity index (χ2v) is 4.64. The van der Waals surface area contributed by atoms with E-state index in [9.17, 15) is 14.7 Å². The highest BCUT2D eigenvalue weighted by Gasteiger charge is 2.30. The molecule has 19 heavy (non-hydrogen) atoms. The lowest BCUT2D eigenvalue weighted by Gasteiger charge is -2.35. The van der Waals surface area contributed by atoms with Gasteiger partial charge in [-0.25, -0.2) is 0 Å². The van der Waals surface area contributed by atoms with Crippen molar-refractivity contribution in [3.8, 4) is 5.75 Å². The Morgan fingerprint density at radius 1 is 1.42 bits per heavy atom. The molecule has 1 aromatic heterocycles. The number of carbonyl (C=O) groups is 2. The fraction of sp³-hybridized carbons (Fsp3) is 0.462. The quantitative estimate of drug-likeness (QED) is 0.857. The summed E-state index contributed by atoms with van der Waals surface area (Å²) in [6, 6.07) is 1.15. The third kappa shape index (κ3) is 3.01. The van der Waals surface area contributed by atoms with Crippen LogP contribution in [-0.4, -0.2) is 44.6 Å². The molecule has 6 nitrogen and oxygen atoms in total. The minimum absolute atomic E-state index is 0.0580. The normalized spacial score (nSPS) is 19.2. The molecule has 2 rings (SSSR count). The molecule has 1 aliphatic rings. The Balaban J connectivity index is 2.20. The second kappa shape index (κ2) is 5.69. The summed E-state index contributed by atoms with van der Waals surface area (Å²) in [5.41, 5.74) is 0.173. The predicted octanol–water partition coefficient (Wildman–Crippen LogP) is 1.26. The number of piperidine rings is 1. The topological polar surface area (TPSA) is 90.7 Å². The summed E-state index contributed by atoms with van der Waals surface area (Å²) in [5, 5.41) is 18.5. The van der Waals surface area contributed by atoms with Gasteiger partial charge in [0.05, 0.1) is 18.2 Å². The van der Waals surface area contributed by atoms with Gasteiger partial charge in [0.25, 0.3) is 5.91 Å². The number of carbonyl (C=O) groups excluding carboxylic acids is 1. The van der Waals surface area contributed by atoms with E-state index in [0.29, 0.717) is 13.0 Å². The Morgan fingerprint density at radius 2 is 2.21 bits per heavy atom. The third-order valence-electron chi connectivity index (χ3n) is 3.33. The molecule has 1 unspecified atom stereocenters. The summed E-state index contributed by atoms with van der Waals surface area (Å²) in [5.74, 6) is -1.42. The van der Waals surface area contributed by atoms with Crippen molar-refractivity contribution in [1.82, 2.24) is 9.88 Å². The van der Waals surface area contributed by atoms with Gasteiger partial charge in [-0.1, -0.05) is 0 Å². The Kier molecular flexibility index (Phi) is 3.99. The molecule has 0 bridgehead atoms. The first-order valence-corrected chi connectivity index (χ1v) is 6.25. The first-order valence-electron chi connectivity index (χ1n) is 6.25. The molecule has 2 N–H and O–H groups in total. The average molecular weight is 264 g/mol.